The number of carbonyl (C=O) groups excluding carboxylic acids is 1. The van der Waals surface area contributed by atoms with Crippen LogP contribution in [0.1, 0.15) is 18.6 Å². The molecule has 0 spiro atoms. The monoisotopic (exact) mass is 419 g/mol. The molecule has 0 radical (unpaired) electrons. The van der Waals surface area contributed by atoms with Crippen LogP contribution in [0, 0.1) is 5.92 Å². The molecule has 7 nitrogen and oxygen atoms in total. The number of amides is 1. The molecule has 0 saturated carbocycles. The van der Waals surface area contributed by atoms with Gasteiger partial charge < -0.3 is 14.6 Å². The van der Waals surface area contributed by atoms with E-state index in [9.17, 15) is 4.79 Å². The second kappa shape index (κ2) is 8.23. The van der Waals surface area contributed by atoms with E-state index in [2.05, 4.69) is 31.2 Å². The maximum absolute atomic E-state index is 12.7. The van der Waals surface area contributed by atoms with Crippen molar-refractivity contribution in [3.05, 3.63) is 60.7 Å². The van der Waals surface area contributed by atoms with Crippen LogP contribution < -0.4 is 10.2 Å². The van der Waals surface area contributed by atoms with Gasteiger partial charge in [-0.25, -0.2) is 9.97 Å². The molecule has 1 aromatic carbocycles. The molecular weight excluding hydrogens is 398 g/mol. The largest absolute Gasteiger partial charge is 0.457 e. The van der Waals surface area contributed by atoms with Gasteiger partial charge in [0.05, 0.1) is 28.9 Å². The van der Waals surface area contributed by atoms with Crippen LogP contribution in [0.25, 0.3) is 21.0 Å². The Morgan fingerprint density at radius 2 is 2.17 bits per heavy atom. The van der Waals surface area contributed by atoms with Gasteiger partial charge in [-0.15, -0.1) is 11.3 Å². The number of nitrogens with one attached hydrogen (secondary N) is 1. The first kappa shape index (κ1) is 18.7. The second-order valence-electron chi connectivity index (χ2n) is 7.32. The summed E-state index contributed by atoms with van der Waals surface area (Å²) in [5, 5.41) is 3.87. The Morgan fingerprint density at radius 3 is 3.03 bits per heavy atom. The SMILES string of the molecule is O=C(NCc1ccc(-c2nc3ccccc3s2)o1)C1CCCN(c2cnccn2)C1. The molecule has 5 rings (SSSR count). The quantitative estimate of drug-likeness (QED) is 0.529. The van der Waals surface area contributed by atoms with Crippen LogP contribution in [-0.2, 0) is 11.3 Å². The molecule has 30 heavy (non-hydrogen) atoms. The summed E-state index contributed by atoms with van der Waals surface area (Å²) in [6, 6.07) is 11.8. The van der Waals surface area contributed by atoms with Crippen LogP contribution in [0.3, 0.4) is 0 Å². The normalized spacial score (nSPS) is 16.7. The Morgan fingerprint density at radius 1 is 1.23 bits per heavy atom. The van der Waals surface area contributed by atoms with Crippen molar-refractivity contribution in [3.63, 3.8) is 0 Å². The third kappa shape index (κ3) is 3.91. The zero-order valence-electron chi connectivity index (χ0n) is 16.3. The zero-order valence-corrected chi connectivity index (χ0v) is 17.1. The van der Waals surface area contributed by atoms with Gasteiger partial charge in [-0.3, -0.25) is 9.78 Å². The lowest BCUT2D eigenvalue weighted by Crippen LogP contribution is -2.43. The predicted octanol–water partition coefficient (Wildman–Crippen LogP) is 3.88. The molecule has 8 heteroatoms. The van der Waals surface area contributed by atoms with Crippen LogP contribution in [0.5, 0.6) is 0 Å². The molecule has 4 aromatic rings. The summed E-state index contributed by atoms with van der Waals surface area (Å²) in [5.74, 6) is 2.24. The van der Waals surface area contributed by atoms with Crippen LogP contribution in [0.15, 0.2) is 59.4 Å². The van der Waals surface area contributed by atoms with E-state index in [-0.39, 0.29) is 11.8 Å². The molecule has 1 aliphatic heterocycles. The Hall–Kier alpha value is -3.26. The number of rotatable bonds is 5. The first-order valence-corrected chi connectivity index (χ1v) is 10.8. The van der Waals surface area contributed by atoms with Crippen molar-refractivity contribution in [2.45, 2.75) is 19.4 Å². The Balaban J connectivity index is 1.20. The molecule has 1 fully saturated rings. The van der Waals surface area contributed by atoms with Crippen LogP contribution in [0.4, 0.5) is 5.82 Å². The summed E-state index contributed by atoms with van der Waals surface area (Å²) in [6.45, 7) is 1.91. The Bertz CT molecular complexity index is 1120. The fourth-order valence-corrected chi connectivity index (χ4v) is 4.67. The highest BCUT2D eigenvalue weighted by atomic mass is 32.1. The van der Waals surface area contributed by atoms with Crippen molar-refractivity contribution in [3.8, 4) is 10.8 Å². The third-order valence-corrected chi connectivity index (χ3v) is 6.32. The minimum atomic E-state index is -0.0700. The van der Waals surface area contributed by atoms with Gasteiger partial charge in [-0.1, -0.05) is 12.1 Å². The highest BCUT2D eigenvalue weighted by molar-refractivity contribution is 7.21. The van der Waals surface area contributed by atoms with Gasteiger partial charge in [0.25, 0.3) is 0 Å². The van der Waals surface area contributed by atoms with E-state index in [0.717, 1.165) is 51.9 Å². The highest BCUT2D eigenvalue weighted by Gasteiger charge is 2.26. The number of piperidine rings is 1. The molecule has 1 saturated heterocycles. The van der Waals surface area contributed by atoms with Crippen molar-refractivity contribution in [1.82, 2.24) is 20.3 Å². The number of para-hydroxylation sites is 1. The number of furan rings is 1. The average molecular weight is 420 g/mol. The summed E-state index contributed by atoms with van der Waals surface area (Å²) in [7, 11) is 0. The highest BCUT2D eigenvalue weighted by Crippen LogP contribution is 2.31. The fourth-order valence-electron chi connectivity index (χ4n) is 3.74. The van der Waals surface area contributed by atoms with Crippen LogP contribution >= 0.6 is 11.3 Å². The molecule has 0 aliphatic carbocycles. The number of carbonyl (C=O) groups is 1. The number of fused-ring (bicyclic) bond motifs is 1. The lowest BCUT2D eigenvalue weighted by Gasteiger charge is -2.32. The van der Waals surface area contributed by atoms with E-state index < -0.39 is 0 Å². The van der Waals surface area contributed by atoms with E-state index >= 15 is 0 Å². The van der Waals surface area contributed by atoms with Crippen LogP contribution in [0.2, 0.25) is 0 Å². The molecule has 1 atom stereocenters. The minimum Gasteiger partial charge on any atom is -0.457 e. The minimum absolute atomic E-state index is 0.0431. The van der Waals surface area contributed by atoms with Gasteiger partial charge in [-0.2, -0.15) is 0 Å². The van der Waals surface area contributed by atoms with Crippen molar-refractivity contribution >= 4 is 33.3 Å². The maximum atomic E-state index is 12.7. The molecule has 152 valence electrons. The van der Waals surface area contributed by atoms with Crippen molar-refractivity contribution < 1.29 is 9.21 Å². The fraction of sp³-hybridized carbons (Fsp3) is 0.273. The lowest BCUT2D eigenvalue weighted by molar-refractivity contribution is -0.125. The summed E-state index contributed by atoms with van der Waals surface area (Å²) in [6.07, 6.45) is 6.91. The number of hydrogen-bond acceptors (Lipinski definition) is 7. The van der Waals surface area contributed by atoms with Gasteiger partial charge in [0.1, 0.15) is 11.6 Å². The van der Waals surface area contributed by atoms with Gasteiger partial charge in [0, 0.05) is 25.5 Å². The molecule has 1 aliphatic rings. The van der Waals surface area contributed by atoms with E-state index in [0.29, 0.717) is 13.1 Å². The number of thiazole rings is 1. The standard InChI is InChI=1S/C22H21N5O2S/c28-21(15-4-3-11-27(14-15)20-13-23-9-10-24-20)25-12-16-7-8-18(29-16)22-26-17-5-1-2-6-19(17)30-22/h1-2,5-10,13,15H,3-4,11-12,14H2,(H,25,28). The first-order chi connectivity index (χ1) is 14.8. The number of nitrogens with zero attached hydrogens (tertiary/aromatic N) is 4. The zero-order chi connectivity index (χ0) is 20.3. The maximum Gasteiger partial charge on any atom is 0.225 e. The molecule has 0 bridgehead atoms. The summed E-state index contributed by atoms with van der Waals surface area (Å²) in [4.78, 5) is 27.9. The van der Waals surface area contributed by atoms with Gasteiger partial charge >= 0.3 is 0 Å². The summed E-state index contributed by atoms with van der Waals surface area (Å²) >= 11 is 1.60. The van der Waals surface area contributed by atoms with E-state index in [4.69, 9.17) is 4.42 Å². The molecule has 1 unspecified atom stereocenters. The molecule has 1 N–H and O–H groups in total. The van der Waals surface area contributed by atoms with Crippen LogP contribution in [-0.4, -0.2) is 33.9 Å². The summed E-state index contributed by atoms with van der Waals surface area (Å²) < 4.78 is 7.06. The molecule has 1 amide bonds. The second-order valence-corrected chi connectivity index (χ2v) is 8.35. The third-order valence-electron chi connectivity index (χ3n) is 5.27. The molecular formula is C22H21N5O2S. The number of hydrogen-bond donors (Lipinski definition) is 1. The van der Waals surface area contributed by atoms with E-state index in [1.54, 1.807) is 29.9 Å². The Kier molecular flexibility index (Phi) is 5.15. The smallest absolute Gasteiger partial charge is 0.225 e. The number of aromatic nitrogens is 3. The van der Waals surface area contributed by atoms with Gasteiger partial charge in [0.2, 0.25) is 5.91 Å². The lowest BCUT2D eigenvalue weighted by atomic mass is 9.97. The predicted molar refractivity (Wildman–Crippen MR) is 116 cm³/mol. The van der Waals surface area contributed by atoms with Gasteiger partial charge in [-0.05, 0) is 37.1 Å². The molecule has 4 heterocycles. The van der Waals surface area contributed by atoms with Crippen molar-refractivity contribution in [2.75, 3.05) is 18.0 Å². The van der Waals surface area contributed by atoms with Crippen molar-refractivity contribution in [1.29, 1.82) is 0 Å². The molecule has 3 aromatic heterocycles. The average Bonchev–Trinajstić information content (AvgIpc) is 3.45. The number of anilines is 1. The summed E-state index contributed by atoms with van der Waals surface area (Å²) in [5.41, 5.74) is 0.966. The first-order valence-electron chi connectivity index (χ1n) is 9.99. The van der Waals surface area contributed by atoms with Gasteiger partial charge in [0.15, 0.2) is 10.8 Å². The van der Waals surface area contributed by atoms with E-state index in [1.165, 1.54) is 0 Å². The number of benzene rings is 1. The van der Waals surface area contributed by atoms with E-state index in [1.807, 2.05) is 30.3 Å². The van der Waals surface area contributed by atoms with Crippen molar-refractivity contribution in [2.24, 2.45) is 5.92 Å². The topological polar surface area (TPSA) is 84.2 Å². The Labute approximate surface area is 177 Å².